The number of ether oxygens (including phenoxy) is 8. The zero-order valence-electron chi connectivity index (χ0n) is 59.5. The van der Waals surface area contributed by atoms with Gasteiger partial charge in [0.25, 0.3) is 0 Å². The number of aliphatic imine (C=N–C) groups is 4. The van der Waals surface area contributed by atoms with Gasteiger partial charge in [-0.05, 0) is 0 Å². The van der Waals surface area contributed by atoms with Crippen LogP contribution in [0.1, 0.15) is 22.3 Å². The van der Waals surface area contributed by atoms with Crippen LogP contribution in [0.25, 0.3) is 21.5 Å². The van der Waals surface area contributed by atoms with Crippen LogP contribution in [0.5, 0.6) is 92.0 Å². The number of rotatable bonds is 21. The summed E-state index contributed by atoms with van der Waals surface area (Å²) in [6.07, 6.45) is 0. The van der Waals surface area contributed by atoms with E-state index in [2.05, 4.69) is 0 Å². The molecule has 118 heavy (non-hydrogen) atoms. The first-order chi connectivity index (χ1) is 56.5. The fourth-order valence-electron chi connectivity index (χ4n) is 13.4. The number of nitrogens with zero attached hydrogens (tertiary/aromatic N) is 8. The molecule has 6 bridgehead atoms. The fraction of sp³-hybridized carbons (Fsp3) is 0. The van der Waals surface area contributed by atoms with Crippen LogP contribution >= 0.6 is 8.58 Å². The zero-order valence-corrected chi connectivity index (χ0v) is 67.6. The molecule has 14 aromatic rings. The SMILES string of the molecule is O=S(=O)(O)c1ccc(Oc2ccc(Oc3ccc(S(=O)(=O)O)cc3)c3c2C2=NC3=Nc3c4c(Oc5ccc(S(=O)(=O)O)cc5)ccc(Oc5ccc(S(=O)(=O)O)cc5)c4c4[n]3[In]([Cl])[n]3c(c5c(Oc6ccccc6)ccc(Oc6ccc(S(=O)(=O)O)cc6)c5c3=N2)=NC2=NC(=N4)c3c(Oc4ccccc4)ccc(Oc4ccccc4)c32)cc1. The third-order valence-corrected chi connectivity index (χ3v) is 30.8. The summed E-state index contributed by atoms with van der Waals surface area (Å²) >= 11 is -5.52. The first-order valence-electron chi connectivity index (χ1n) is 34.7. The second-order valence-corrected chi connectivity index (χ2v) is 40.5. The monoisotopic (exact) mass is 1800 g/mol. The normalized spacial score (nSPS) is 13.5. The molecule has 586 valence electrons. The van der Waals surface area contributed by atoms with Crippen LogP contribution in [0.3, 0.4) is 0 Å². The molecule has 4 aliphatic rings. The summed E-state index contributed by atoms with van der Waals surface area (Å²) < 4.78 is 235. The summed E-state index contributed by atoms with van der Waals surface area (Å²) in [5.41, 5.74) is 0.0473. The minimum absolute atomic E-state index is 0.00463. The molecule has 0 atom stereocenters. The van der Waals surface area contributed by atoms with Gasteiger partial charge in [-0.1, -0.05) is 0 Å². The van der Waals surface area contributed by atoms with Gasteiger partial charge in [-0.2, -0.15) is 16.8 Å². The first kappa shape index (κ1) is 76.4. The topological polar surface area (TPSA) is 430 Å². The molecule has 2 aromatic heterocycles. The number of hydrogen-bond acceptors (Lipinski definition) is 24. The number of hydrogen-bond donors (Lipinski definition) is 5. The molecule has 0 unspecified atom stereocenters. The van der Waals surface area contributed by atoms with Crippen LogP contribution in [-0.4, -0.2) is 114 Å². The van der Waals surface area contributed by atoms with E-state index in [0.717, 1.165) is 60.7 Å². The van der Waals surface area contributed by atoms with Crippen LogP contribution in [0.2, 0.25) is 0 Å². The molecule has 38 heteroatoms. The van der Waals surface area contributed by atoms with Crippen molar-refractivity contribution in [2.75, 3.05) is 0 Å². The van der Waals surface area contributed by atoms with Crippen molar-refractivity contribution in [3.8, 4) is 92.0 Å². The van der Waals surface area contributed by atoms with E-state index >= 15 is 0 Å². The predicted octanol–water partition coefficient (Wildman–Crippen LogP) is 15.7. The van der Waals surface area contributed by atoms with E-state index in [1.165, 1.54) is 91.0 Å². The van der Waals surface area contributed by atoms with Crippen molar-refractivity contribution in [1.82, 2.24) is 5.11 Å². The Bertz CT molecular complexity index is 7370. The third kappa shape index (κ3) is 14.6. The Balaban J connectivity index is 1.04. The van der Waals surface area contributed by atoms with Crippen LogP contribution in [0, 0.1) is 0 Å². The Kier molecular flexibility index (Phi) is 19.0. The van der Waals surface area contributed by atoms with Gasteiger partial charge >= 0.3 is 659 Å². The van der Waals surface area contributed by atoms with E-state index in [-0.39, 0.29) is 164 Å². The van der Waals surface area contributed by atoms with E-state index in [9.17, 15) is 64.9 Å². The van der Waals surface area contributed by atoms with Crippen LogP contribution in [0.15, 0.2) is 315 Å². The molecule has 0 saturated heterocycles. The molecule has 12 aromatic carbocycles. The van der Waals surface area contributed by atoms with Crippen molar-refractivity contribution in [2.45, 2.75) is 24.5 Å². The molecule has 0 fully saturated rings. The van der Waals surface area contributed by atoms with Crippen molar-refractivity contribution >= 4 is 137 Å². The van der Waals surface area contributed by atoms with Crippen molar-refractivity contribution in [3.05, 3.63) is 294 Å². The number of fused-ring (bicyclic) bond motifs is 14. The summed E-state index contributed by atoms with van der Waals surface area (Å²) in [7, 11) is -15.0. The standard InChI is InChI=1S/C80H48N8O23S5.ClH.In/c89-112(90,91)52-26-16-47(17-27-52)107-60-39-38-59(106-46-14-8-3-9-15-46)67-68(60)76-84-75(67)82-73-65-57(104-44-10-4-1-5-11-44)36-37-58(105-45-12-6-2-7-13-45)66(65)74(81-73)83-77-69-61(108-48-18-28-53(29-19-48)113(92,93)94)40-41-62(109-49-20-30-54(31-21-49)114(95,96)97)70(69)79(86-77)88-80-72-64(111-51-24-34-56(35-25-51)116(101,102)103)43-42-63(71(72)78(85-76)87-80)110-50-22-32-55(33-23-50)115(98,99)100;;/h1-43H,(H5-2,81,82,83,84,85,86,87,88,89,90,91,92,93,94,95,96,97,98,99,100,101,102,103);1H;/q-2;;+3/p-1. The van der Waals surface area contributed by atoms with Gasteiger partial charge in [0.1, 0.15) is 0 Å². The van der Waals surface area contributed by atoms with Crippen molar-refractivity contribution in [2.24, 2.45) is 30.0 Å². The summed E-state index contributed by atoms with van der Waals surface area (Å²) in [6.45, 7) is 0. The van der Waals surface area contributed by atoms with Gasteiger partial charge in [-0.15, -0.1) is 0 Å². The second kappa shape index (κ2) is 29.4. The van der Waals surface area contributed by atoms with Gasteiger partial charge in [0, 0.05) is 0 Å². The number of benzene rings is 12. The minimum atomic E-state index is -5.52. The average molecular weight is 1800 g/mol. The van der Waals surface area contributed by atoms with Crippen molar-refractivity contribution in [3.63, 3.8) is 0 Å². The second-order valence-electron chi connectivity index (χ2n) is 26.0. The number of amidine groups is 4. The quantitative estimate of drug-likeness (QED) is 0.0417. The average Bonchev–Trinajstić information content (AvgIpc) is 1.54. The Morgan fingerprint density at radius 1 is 0.237 bits per heavy atom. The molecule has 0 saturated carbocycles. The molecule has 0 amide bonds. The van der Waals surface area contributed by atoms with Gasteiger partial charge in [0.05, 0.1) is 0 Å². The number of para-hydroxylation sites is 3. The molecular weight excluding hydrogens is 1750 g/mol. The van der Waals surface area contributed by atoms with Crippen molar-refractivity contribution in [1.29, 1.82) is 0 Å². The molecule has 6 heterocycles. The summed E-state index contributed by atoms with van der Waals surface area (Å²) in [5.74, 6) is -0.339. The molecule has 4 aliphatic heterocycles. The van der Waals surface area contributed by atoms with Crippen LogP contribution in [0.4, 0.5) is 11.6 Å². The molecule has 0 radical (unpaired) electrons. The van der Waals surface area contributed by atoms with E-state index in [1.807, 2.05) is 0 Å². The van der Waals surface area contributed by atoms with Gasteiger partial charge in [0.15, 0.2) is 0 Å². The Labute approximate surface area is 679 Å². The van der Waals surface area contributed by atoms with Gasteiger partial charge in [0.2, 0.25) is 0 Å². The van der Waals surface area contributed by atoms with E-state index < -0.39 is 95.9 Å². The Hall–Kier alpha value is -12.9. The van der Waals surface area contributed by atoms with Gasteiger partial charge < -0.3 is 0 Å². The fourth-order valence-corrected chi connectivity index (χ4v) is 23.4. The van der Waals surface area contributed by atoms with Crippen molar-refractivity contribution < 1.29 is 103 Å². The molecule has 0 aliphatic carbocycles. The first-order valence-corrected chi connectivity index (χ1v) is 49.0. The molecular formula is C80H48ClInN8O23S5. The number of halogens is 1. The van der Waals surface area contributed by atoms with E-state index in [0.29, 0.717) is 17.2 Å². The maximum atomic E-state index is 12.6. The predicted molar refractivity (Wildman–Crippen MR) is 428 cm³/mol. The maximum absolute atomic E-state index is 12.6. The van der Waals surface area contributed by atoms with Crippen LogP contribution in [-0.2, 0) is 50.6 Å². The molecule has 0 spiro atoms. The Morgan fingerprint density at radius 2 is 0.441 bits per heavy atom. The van der Waals surface area contributed by atoms with E-state index in [4.69, 9.17) is 76.4 Å². The zero-order chi connectivity index (χ0) is 81.9. The van der Waals surface area contributed by atoms with Gasteiger partial charge in [-0.25, -0.2) is 0 Å². The summed E-state index contributed by atoms with van der Waals surface area (Å²) in [6, 6.07) is 62.0. The van der Waals surface area contributed by atoms with Crippen LogP contribution < -0.4 is 48.9 Å². The van der Waals surface area contributed by atoms with E-state index in [1.54, 1.807) is 114 Å². The summed E-state index contributed by atoms with van der Waals surface area (Å²) in [5, 5.41) is 0.0656. The molecule has 31 nitrogen and oxygen atoms in total. The molecule has 18 rings (SSSR count). The van der Waals surface area contributed by atoms with Gasteiger partial charge in [-0.3, -0.25) is 9.11 Å². The third-order valence-electron chi connectivity index (χ3n) is 18.6. The summed E-state index contributed by atoms with van der Waals surface area (Å²) in [4.78, 5) is 30.7. The Morgan fingerprint density at radius 3 is 0.678 bits per heavy atom. The number of aromatic nitrogens is 2. The molecule has 5 N–H and O–H groups in total.